The van der Waals surface area contributed by atoms with Gasteiger partial charge >= 0.3 is 5.97 Å². The monoisotopic (exact) mass is 422 g/mol. The van der Waals surface area contributed by atoms with Crippen molar-refractivity contribution < 1.29 is 22.7 Å². The highest BCUT2D eigenvalue weighted by molar-refractivity contribution is 7.89. The summed E-state index contributed by atoms with van der Waals surface area (Å²) in [6, 6.07) is 5.65. The first-order valence-electron chi connectivity index (χ1n) is 10.3. The lowest BCUT2D eigenvalue weighted by molar-refractivity contribution is -0.154. The molecule has 0 heterocycles. The molecule has 3 rings (SSSR count). The van der Waals surface area contributed by atoms with E-state index in [1.165, 1.54) is 43.5 Å². The maximum atomic E-state index is 12.3. The fraction of sp³-hybridized carbons (Fsp3) is 0.619. The maximum Gasteiger partial charge on any atom is 0.306 e. The molecule has 0 spiro atoms. The second-order valence-corrected chi connectivity index (χ2v) is 10.3. The van der Waals surface area contributed by atoms with Crippen molar-refractivity contribution in [2.75, 3.05) is 5.32 Å². The number of sulfonamides is 1. The van der Waals surface area contributed by atoms with Crippen LogP contribution in [0.1, 0.15) is 52.9 Å². The van der Waals surface area contributed by atoms with Crippen LogP contribution in [0.15, 0.2) is 29.2 Å². The van der Waals surface area contributed by atoms with E-state index < -0.39 is 22.0 Å². The van der Waals surface area contributed by atoms with E-state index in [1.807, 2.05) is 0 Å². The standard InChI is InChI=1S/C21H30N2O5S/c1-13(2)23-29(26,27)19-8-6-18(7-9-19)22-21(25)14(3)28-20(24)12-17-11-15-4-5-16(17)10-15/h6-9,13-17,23H,4-5,10-12H2,1-3H3,(H,22,25)/t14-,15-,16-,17-/m0/s1. The zero-order valence-corrected chi connectivity index (χ0v) is 18.0. The van der Waals surface area contributed by atoms with Crippen LogP contribution in [0, 0.1) is 17.8 Å². The summed E-state index contributed by atoms with van der Waals surface area (Å²) in [5.74, 6) is 1.02. The van der Waals surface area contributed by atoms with E-state index in [4.69, 9.17) is 4.74 Å². The van der Waals surface area contributed by atoms with Gasteiger partial charge in [-0.2, -0.15) is 0 Å². The van der Waals surface area contributed by atoms with Gasteiger partial charge in [0.05, 0.1) is 4.90 Å². The fourth-order valence-electron chi connectivity index (χ4n) is 4.48. The minimum absolute atomic E-state index is 0.120. The van der Waals surface area contributed by atoms with Crippen LogP contribution in [0.3, 0.4) is 0 Å². The highest BCUT2D eigenvalue weighted by atomic mass is 32.2. The number of esters is 1. The molecule has 0 aromatic heterocycles. The Labute approximate surface area is 172 Å². The first-order chi connectivity index (χ1) is 13.6. The third-order valence-electron chi connectivity index (χ3n) is 5.81. The number of carbonyl (C=O) groups excluding carboxylic acids is 2. The summed E-state index contributed by atoms with van der Waals surface area (Å²) in [7, 11) is -3.58. The molecule has 29 heavy (non-hydrogen) atoms. The van der Waals surface area contributed by atoms with E-state index in [1.54, 1.807) is 20.8 Å². The van der Waals surface area contributed by atoms with E-state index in [-0.39, 0.29) is 16.9 Å². The number of fused-ring (bicyclic) bond motifs is 2. The van der Waals surface area contributed by atoms with Gasteiger partial charge in [0, 0.05) is 18.2 Å². The molecule has 160 valence electrons. The summed E-state index contributed by atoms with van der Waals surface area (Å²) in [5, 5.41) is 2.66. The first-order valence-corrected chi connectivity index (χ1v) is 11.7. The molecule has 1 amide bonds. The van der Waals surface area contributed by atoms with Crippen LogP contribution >= 0.6 is 0 Å². The van der Waals surface area contributed by atoms with Gasteiger partial charge in [-0.1, -0.05) is 6.42 Å². The van der Waals surface area contributed by atoms with Gasteiger partial charge in [-0.05, 0) is 82.1 Å². The lowest BCUT2D eigenvalue weighted by Crippen LogP contribution is -2.31. The zero-order chi connectivity index (χ0) is 21.2. The summed E-state index contributed by atoms with van der Waals surface area (Å²) < 4.78 is 32.1. The van der Waals surface area contributed by atoms with Gasteiger partial charge in [-0.25, -0.2) is 13.1 Å². The lowest BCUT2D eigenvalue weighted by atomic mass is 9.86. The highest BCUT2D eigenvalue weighted by Crippen LogP contribution is 2.49. The predicted octanol–water partition coefficient (Wildman–Crippen LogP) is 3.07. The topological polar surface area (TPSA) is 102 Å². The normalized spacial score (nSPS) is 24.5. The van der Waals surface area contributed by atoms with E-state index in [2.05, 4.69) is 10.0 Å². The van der Waals surface area contributed by atoms with Crippen LogP contribution < -0.4 is 10.0 Å². The molecule has 8 heteroatoms. The minimum atomic E-state index is -3.58. The van der Waals surface area contributed by atoms with Crippen molar-refractivity contribution >= 4 is 27.6 Å². The Balaban J connectivity index is 1.49. The molecule has 7 nitrogen and oxygen atoms in total. The third-order valence-corrected chi connectivity index (χ3v) is 7.49. The summed E-state index contributed by atoms with van der Waals surface area (Å²) >= 11 is 0. The molecule has 0 unspecified atom stereocenters. The quantitative estimate of drug-likeness (QED) is 0.627. The zero-order valence-electron chi connectivity index (χ0n) is 17.2. The van der Waals surface area contributed by atoms with Crippen molar-refractivity contribution in [3.63, 3.8) is 0 Å². The van der Waals surface area contributed by atoms with Crippen molar-refractivity contribution in [3.8, 4) is 0 Å². The molecule has 0 aliphatic heterocycles. The Hall–Kier alpha value is -1.93. The summed E-state index contributed by atoms with van der Waals surface area (Å²) in [6.45, 7) is 5.03. The molecule has 0 saturated heterocycles. The number of hydrogen-bond acceptors (Lipinski definition) is 5. The highest BCUT2D eigenvalue weighted by Gasteiger charge is 2.40. The van der Waals surface area contributed by atoms with Gasteiger partial charge in [0.1, 0.15) is 0 Å². The Bertz CT molecular complexity index is 850. The molecule has 4 atom stereocenters. The molecular formula is C21H30N2O5S. The number of ether oxygens (including phenoxy) is 1. The van der Waals surface area contributed by atoms with Crippen LogP contribution in [0.2, 0.25) is 0 Å². The molecule has 2 bridgehead atoms. The second-order valence-electron chi connectivity index (χ2n) is 8.56. The van der Waals surface area contributed by atoms with Crippen LogP contribution in [-0.4, -0.2) is 32.4 Å². The smallest absolute Gasteiger partial charge is 0.306 e. The van der Waals surface area contributed by atoms with E-state index in [0.717, 1.165) is 12.3 Å². The number of amides is 1. The second kappa shape index (κ2) is 8.83. The van der Waals surface area contributed by atoms with Crippen molar-refractivity contribution in [3.05, 3.63) is 24.3 Å². The van der Waals surface area contributed by atoms with Gasteiger partial charge in [-0.15, -0.1) is 0 Å². The van der Waals surface area contributed by atoms with Gasteiger partial charge in [0.25, 0.3) is 5.91 Å². The molecular weight excluding hydrogens is 392 g/mol. The van der Waals surface area contributed by atoms with Gasteiger partial charge in [-0.3, -0.25) is 9.59 Å². The van der Waals surface area contributed by atoms with Crippen molar-refractivity contribution in [1.29, 1.82) is 0 Å². The number of rotatable bonds is 8. The van der Waals surface area contributed by atoms with Gasteiger partial charge in [0.15, 0.2) is 6.10 Å². The molecule has 2 aliphatic carbocycles. The molecule has 2 fully saturated rings. The van der Waals surface area contributed by atoms with Gasteiger partial charge < -0.3 is 10.1 Å². The number of hydrogen-bond donors (Lipinski definition) is 2. The molecule has 2 aliphatic rings. The van der Waals surface area contributed by atoms with E-state index in [0.29, 0.717) is 23.9 Å². The van der Waals surface area contributed by atoms with Crippen LogP contribution in [0.4, 0.5) is 5.69 Å². The fourth-order valence-corrected chi connectivity index (χ4v) is 5.73. The number of nitrogens with one attached hydrogen (secondary N) is 2. The van der Waals surface area contributed by atoms with Gasteiger partial charge in [0.2, 0.25) is 10.0 Å². The Morgan fingerprint density at radius 1 is 1.10 bits per heavy atom. The number of carbonyl (C=O) groups is 2. The van der Waals surface area contributed by atoms with Crippen LogP contribution in [-0.2, 0) is 24.3 Å². The van der Waals surface area contributed by atoms with Crippen LogP contribution in [0.25, 0.3) is 0 Å². The first kappa shape index (κ1) is 21.8. The molecule has 0 radical (unpaired) electrons. The molecule has 1 aromatic carbocycles. The Kier molecular flexibility index (Phi) is 6.63. The van der Waals surface area contributed by atoms with E-state index >= 15 is 0 Å². The number of anilines is 1. The Morgan fingerprint density at radius 2 is 1.79 bits per heavy atom. The summed E-state index contributed by atoms with van der Waals surface area (Å²) in [4.78, 5) is 24.7. The summed E-state index contributed by atoms with van der Waals surface area (Å²) in [5.41, 5.74) is 0.439. The third kappa shape index (κ3) is 5.57. The predicted molar refractivity (Wildman–Crippen MR) is 110 cm³/mol. The van der Waals surface area contributed by atoms with Crippen molar-refractivity contribution in [1.82, 2.24) is 4.72 Å². The SMILES string of the molecule is CC(C)NS(=O)(=O)c1ccc(NC(=O)[C@H](C)OC(=O)C[C@@H]2C[C@H]3CC[C@H]2C3)cc1. The van der Waals surface area contributed by atoms with Crippen molar-refractivity contribution in [2.24, 2.45) is 17.8 Å². The average Bonchev–Trinajstić information content (AvgIpc) is 3.23. The maximum absolute atomic E-state index is 12.3. The number of benzene rings is 1. The molecule has 2 saturated carbocycles. The average molecular weight is 423 g/mol. The molecule has 2 N–H and O–H groups in total. The van der Waals surface area contributed by atoms with Crippen molar-refractivity contribution in [2.45, 2.75) is 69.9 Å². The van der Waals surface area contributed by atoms with Crippen LogP contribution in [0.5, 0.6) is 0 Å². The largest absolute Gasteiger partial charge is 0.453 e. The summed E-state index contributed by atoms with van der Waals surface area (Å²) in [6.07, 6.45) is 4.29. The minimum Gasteiger partial charge on any atom is -0.453 e. The van der Waals surface area contributed by atoms with E-state index in [9.17, 15) is 18.0 Å². The Morgan fingerprint density at radius 3 is 2.34 bits per heavy atom. The lowest BCUT2D eigenvalue weighted by Gasteiger charge is -2.21. The molecule has 1 aromatic rings.